The number of rotatable bonds is 3. The fraction of sp³-hybridized carbons (Fsp3) is 0.353. The minimum atomic E-state index is -0.805. The molecule has 2 N–H and O–H groups in total. The van der Waals surface area contributed by atoms with Gasteiger partial charge in [-0.1, -0.05) is 12.8 Å². The first-order valence-electron chi connectivity index (χ1n) is 8.19. The SMILES string of the molecule is O=c1[nH]c(=O)n(-c2ccc(F)cc2)c(O)c1/C=N/N1CCCCCC1. The zero-order valence-corrected chi connectivity index (χ0v) is 13.6. The van der Waals surface area contributed by atoms with Crippen molar-refractivity contribution in [3.8, 4) is 11.6 Å². The summed E-state index contributed by atoms with van der Waals surface area (Å²) in [6, 6.07) is 5.00. The summed E-state index contributed by atoms with van der Waals surface area (Å²) in [5.41, 5.74) is -1.40. The van der Waals surface area contributed by atoms with E-state index in [9.17, 15) is 19.1 Å². The Labute approximate surface area is 143 Å². The zero-order valence-electron chi connectivity index (χ0n) is 13.6. The number of nitrogens with zero attached hydrogens (tertiary/aromatic N) is 3. The Morgan fingerprint density at radius 1 is 1.08 bits per heavy atom. The number of halogens is 1. The molecule has 1 aromatic carbocycles. The number of aromatic nitrogens is 2. The Hall–Kier alpha value is -2.90. The van der Waals surface area contributed by atoms with Crippen molar-refractivity contribution < 1.29 is 9.50 Å². The van der Waals surface area contributed by atoms with Gasteiger partial charge in [-0.2, -0.15) is 5.10 Å². The Morgan fingerprint density at radius 3 is 2.36 bits per heavy atom. The van der Waals surface area contributed by atoms with E-state index >= 15 is 0 Å². The van der Waals surface area contributed by atoms with Gasteiger partial charge in [0.05, 0.1) is 11.9 Å². The average Bonchev–Trinajstić information content (AvgIpc) is 2.85. The smallest absolute Gasteiger partial charge is 0.335 e. The van der Waals surface area contributed by atoms with Crippen LogP contribution in [0.25, 0.3) is 5.69 Å². The number of H-pyrrole nitrogens is 1. The van der Waals surface area contributed by atoms with E-state index in [4.69, 9.17) is 0 Å². The van der Waals surface area contributed by atoms with Gasteiger partial charge in [0, 0.05) is 13.1 Å². The first kappa shape index (κ1) is 16.9. The van der Waals surface area contributed by atoms with Crippen LogP contribution >= 0.6 is 0 Å². The molecule has 0 saturated carbocycles. The molecule has 7 nitrogen and oxygen atoms in total. The molecule has 1 aliphatic rings. The van der Waals surface area contributed by atoms with Crippen molar-refractivity contribution in [2.24, 2.45) is 5.10 Å². The van der Waals surface area contributed by atoms with Crippen LogP contribution in [0.2, 0.25) is 0 Å². The van der Waals surface area contributed by atoms with Gasteiger partial charge >= 0.3 is 5.69 Å². The number of aromatic amines is 1. The van der Waals surface area contributed by atoms with Crippen molar-refractivity contribution >= 4 is 6.21 Å². The summed E-state index contributed by atoms with van der Waals surface area (Å²) in [5, 5.41) is 16.5. The lowest BCUT2D eigenvalue weighted by molar-refractivity contribution is 0.302. The summed E-state index contributed by atoms with van der Waals surface area (Å²) in [6.45, 7) is 1.57. The second kappa shape index (κ2) is 7.33. The van der Waals surface area contributed by atoms with Crippen LogP contribution in [0.4, 0.5) is 4.39 Å². The summed E-state index contributed by atoms with van der Waals surface area (Å²) in [6.07, 6.45) is 5.60. The van der Waals surface area contributed by atoms with Crippen LogP contribution in [0.15, 0.2) is 39.0 Å². The molecule has 8 heteroatoms. The van der Waals surface area contributed by atoms with E-state index in [-0.39, 0.29) is 11.3 Å². The molecule has 0 bridgehead atoms. The van der Waals surface area contributed by atoms with E-state index in [1.165, 1.54) is 18.3 Å². The van der Waals surface area contributed by atoms with Crippen LogP contribution < -0.4 is 11.2 Å². The Morgan fingerprint density at radius 2 is 1.72 bits per heavy atom. The Bertz CT molecular complexity index is 878. The third kappa shape index (κ3) is 3.78. The number of hydrogen-bond acceptors (Lipinski definition) is 5. The van der Waals surface area contributed by atoms with Gasteiger partial charge in [-0.05, 0) is 37.1 Å². The predicted octanol–water partition coefficient (Wildman–Crippen LogP) is 1.58. The molecule has 2 heterocycles. The molecule has 0 spiro atoms. The highest BCUT2D eigenvalue weighted by Gasteiger charge is 2.15. The molecule has 2 aromatic rings. The number of nitrogens with one attached hydrogen (secondary N) is 1. The molecule has 0 amide bonds. The van der Waals surface area contributed by atoms with E-state index < -0.39 is 22.9 Å². The molecule has 3 rings (SSSR count). The van der Waals surface area contributed by atoms with Gasteiger partial charge in [0.1, 0.15) is 11.4 Å². The highest BCUT2D eigenvalue weighted by atomic mass is 19.1. The van der Waals surface area contributed by atoms with Crippen LogP contribution in [-0.2, 0) is 0 Å². The minimum absolute atomic E-state index is 0.117. The van der Waals surface area contributed by atoms with Gasteiger partial charge in [-0.3, -0.25) is 14.8 Å². The molecule has 0 atom stereocenters. The molecule has 1 aromatic heterocycles. The second-order valence-corrected chi connectivity index (χ2v) is 5.92. The van der Waals surface area contributed by atoms with Crippen molar-refractivity contribution in [2.45, 2.75) is 25.7 Å². The van der Waals surface area contributed by atoms with E-state index in [1.807, 2.05) is 5.01 Å². The van der Waals surface area contributed by atoms with Gasteiger partial charge in [0.25, 0.3) is 5.56 Å². The van der Waals surface area contributed by atoms with Crippen molar-refractivity contribution in [3.63, 3.8) is 0 Å². The van der Waals surface area contributed by atoms with E-state index in [1.54, 1.807) is 0 Å². The van der Waals surface area contributed by atoms with Gasteiger partial charge in [0.15, 0.2) is 0 Å². The van der Waals surface area contributed by atoms with Crippen molar-refractivity contribution in [3.05, 3.63) is 56.5 Å². The van der Waals surface area contributed by atoms with E-state index in [2.05, 4.69) is 10.1 Å². The lowest BCUT2D eigenvalue weighted by atomic mass is 10.2. The fourth-order valence-electron chi connectivity index (χ4n) is 2.79. The van der Waals surface area contributed by atoms with Gasteiger partial charge in [0.2, 0.25) is 5.88 Å². The molecule has 0 aliphatic carbocycles. The summed E-state index contributed by atoms with van der Waals surface area (Å²) in [7, 11) is 0. The number of hydrazone groups is 1. The summed E-state index contributed by atoms with van der Waals surface area (Å²) < 4.78 is 14.0. The van der Waals surface area contributed by atoms with Crippen LogP contribution in [0.5, 0.6) is 5.88 Å². The molecule has 1 saturated heterocycles. The maximum atomic E-state index is 13.1. The number of aromatic hydroxyl groups is 1. The predicted molar refractivity (Wildman–Crippen MR) is 91.9 cm³/mol. The second-order valence-electron chi connectivity index (χ2n) is 5.92. The highest BCUT2D eigenvalue weighted by Crippen LogP contribution is 2.16. The first-order valence-corrected chi connectivity index (χ1v) is 8.19. The minimum Gasteiger partial charge on any atom is -0.493 e. The largest absolute Gasteiger partial charge is 0.493 e. The monoisotopic (exact) mass is 346 g/mol. The Balaban J connectivity index is 1.99. The summed E-state index contributed by atoms with van der Waals surface area (Å²) in [4.78, 5) is 26.2. The standard InChI is InChI=1S/C17H19FN4O3/c18-12-5-7-13(8-6-12)22-16(24)14(15(23)20-17(22)25)11-19-21-9-3-1-2-4-10-21/h5-8,11,24H,1-4,9-10H2,(H,20,23,25)/b19-11+. The van der Waals surface area contributed by atoms with Crippen LogP contribution in [0.3, 0.4) is 0 Å². The van der Waals surface area contributed by atoms with Crippen LogP contribution in [-0.4, -0.2) is 39.0 Å². The summed E-state index contributed by atoms with van der Waals surface area (Å²) in [5.74, 6) is -0.998. The first-order chi connectivity index (χ1) is 12.1. The molecule has 0 radical (unpaired) electrons. The van der Waals surface area contributed by atoms with Gasteiger partial charge in [-0.15, -0.1) is 0 Å². The van der Waals surface area contributed by atoms with Crippen molar-refractivity contribution in [1.29, 1.82) is 0 Å². The lowest BCUT2D eigenvalue weighted by Gasteiger charge is -2.15. The van der Waals surface area contributed by atoms with E-state index in [0.717, 1.165) is 55.5 Å². The molecule has 1 aliphatic heterocycles. The molecule has 132 valence electrons. The van der Waals surface area contributed by atoms with Gasteiger partial charge < -0.3 is 5.11 Å². The number of benzene rings is 1. The Kier molecular flexibility index (Phi) is 4.97. The molecule has 0 unspecified atom stereocenters. The quantitative estimate of drug-likeness (QED) is 0.826. The molecule has 1 fully saturated rings. The van der Waals surface area contributed by atoms with Crippen molar-refractivity contribution in [1.82, 2.24) is 14.6 Å². The third-order valence-electron chi connectivity index (χ3n) is 4.14. The van der Waals surface area contributed by atoms with Crippen molar-refractivity contribution in [2.75, 3.05) is 13.1 Å². The van der Waals surface area contributed by atoms with E-state index in [0.29, 0.717) is 0 Å². The molecular weight excluding hydrogens is 327 g/mol. The third-order valence-corrected chi connectivity index (χ3v) is 4.14. The van der Waals surface area contributed by atoms with Crippen LogP contribution in [0.1, 0.15) is 31.2 Å². The fourth-order valence-corrected chi connectivity index (χ4v) is 2.79. The van der Waals surface area contributed by atoms with Gasteiger partial charge in [-0.25, -0.2) is 13.8 Å². The maximum Gasteiger partial charge on any atom is 0.335 e. The molecular formula is C17H19FN4O3. The highest BCUT2D eigenvalue weighted by molar-refractivity contribution is 5.82. The average molecular weight is 346 g/mol. The van der Waals surface area contributed by atoms with Crippen LogP contribution in [0, 0.1) is 5.82 Å². The zero-order chi connectivity index (χ0) is 17.8. The maximum absolute atomic E-state index is 13.1. The lowest BCUT2D eigenvalue weighted by Crippen LogP contribution is -2.31. The topological polar surface area (TPSA) is 90.7 Å². The number of hydrogen-bond donors (Lipinski definition) is 2. The summed E-state index contributed by atoms with van der Waals surface area (Å²) >= 11 is 0. The molecule has 25 heavy (non-hydrogen) atoms. The normalized spacial score (nSPS) is 15.5.